The van der Waals surface area contributed by atoms with Crippen LogP contribution in [-0.2, 0) is 4.79 Å². The van der Waals surface area contributed by atoms with Crippen LogP contribution in [0.2, 0.25) is 0 Å². The molecule has 0 saturated heterocycles. The number of benzene rings is 2. The molecule has 1 N–H and O–H groups in total. The molecule has 0 heterocycles. The number of nitrogens with zero attached hydrogens (tertiary/aromatic N) is 1. The van der Waals surface area contributed by atoms with Gasteiger partial charge in [0.05, 0.1) is 11.5 Å². The lowest BCUT2D eigenvalue weighted by atomic mass is 10.1. The van der Waals surface area contributed by atoms with Crippen LogP contribution < -0.4 is 9.47 Å². The summed E-state index contributed by atoms with van der Waals surface area (Å²) in [4.78, 5) is 29.0. The monoisotopic (exact) mass is 475 g/mol. The molecule has 0 saturated carbocycles. The average molecular weight is 476 g/mol. The van der Waals surface area contributed by atoms with Crippen LogP contribution in [0.3, 0.4) is 0 Å². The van der Waals surface area contributed by atoms with E-state index in [1.54, 1.807) is 38.1 Å². The van der Waals surface area contributed by atoms with Crippen LogP contribution >= 0.6 is 15.9 Å². The summed E-state index contributed by atoms with van der Waals surface area (Å²) >= 11 is 3.38. The molecule has 0 spiro atoms. The van der Waals surface area contributed by atoms with Crippen LogP contribution in [0, 0.1) is 18.8 Å². The number of aliphatic imine (C=N–C) groups is 1. The minimum absolute atomic E-state index is 0.0667. The number of carbonyl (C=O) groups excluding carboxylic acids is 2. The van der Waals surface area contributed by atoms with Gasteiger partial charge in [-0.15, -0.1) is 0 Å². The van der Waals surface area contributed by atoms with Gasteiger partial charge in [-0.1, -0.05) is 61.3 Å². The molecule has 30 heavy (non-hydrogen) atoms. The van der Waals surface area contributed by atoms with Gasteiger partial charge in [0.25, 0.3) is 0 Å². The fraction of sp³-hybridized carbons (Fsp3) is 0.348. The van der Waals surface area contributed by atoms with Crippen molar-refractivity contribution in [3.05, 3.63) is 57.6 Å². The molecule has 0 aliphatic rings. The highest BCUT2D eigenvalue weighted by molar-refractivity contribution is 9.10. The van der Waals surface area contributed by atoms with Crippen molar-refractivity contribution in [2.75, 3.05) is 0 Å². The average Bonchev–Trinajstić information content (AvgIpc) is 2.68. The van der Waals surface area contributed by atoms with Gasteiger partial charge in [0, 0.05) is 16.3 Å². The van der Waals surface area contributed by atoms with Gasteiger partial charge in [-0.3, -0.25) is 9.79 Å². The van der Waals surface area contributed by atoms with Crippen molar-refractivity contribution in [3.63, 3.8) is 0 Å². The van der Waals surface area contributed by atoms with Gasteiger partial charge in [0.1, 0.15) is 6.23 Å². The predicted molar refractivity (Wildman–Crippen MR) is 119 cm³/mol. The third-order valence-electron chi connectivity index (χ3n) is 4.17. The fourth-order valence-electron chi connectivity index (χ4n) is 2.27. The summed E-state index contributed by atoms with van der Waals surface area (Å²) in [6.45, 7) is 8.99. The van der Waals surface area contributed by atoms with Crippen LogP contribution in [-0.4, -0.2) is 29.5 Å². The van der Waals surface area contributed by atoms with Crippen LogP contribution in [0.15, 0.2) is 45.9 Å². The molecule has 2 rings (SSSR count). The van der Waals surface area contributed by atoms with Gasteiger partial charge in [-0.25, -0.2) is 4.79 Å². The highest BCUT2D eigenvalue weighted by Crippen LogP contribution is 2.35. The van der Waals surface area contributed by atoms with E-state index in [4.69, 9.17) is 9.47 Å². The minimum atomic E-state index is -0.920. The molecule has 0 aliphatic heterocycles. The van der Waals surface area contributed by atoms with Gasteiger partial charge in [0.15, 0.2) is 11.5 Å². The lowest BCUT2D eigenvalue weighted by Gasteiger charge is -2.15. The Balaban J connectivity index is 2.47. The Hall–Kier alpha value is -2.51. The van der Waals surface area contributed by atoms with Gasteiger partial charge in [-0.2, -0.15) is 0 Å². The summed E-state index contributed by atoms with van der Waals surface area (Å²) in [5.74, 6) is -1.40. The third kappa shape index (κ3) is 6.50. The first-order valence-electron chi connectivity index (χ1n) is 9.63. The van der Waals surface area contributed by atoms with E-state index in [1.165, 1.54) is 6.21 Å². The molecule has 160 valence electrons. The Morgan fingerprint density at radius 1 is 1.07 bits per heavy atom. The SMILES string of the molecule is Cc1ccc(C(=O)Oc2cc(Br)cc(C=NC(O)C(C)C)c2OC(=O)C(C)C)cc1. The Morgan fingerprint density at radius 3 is 2.27 bits per heavy atom. The number of hydrogen-bond donors (Lipinski definition) is 1. The van der Waals surface area contributed by atoms with Crippen molar-refractivity contribution >= 4 is 34.1 Å². The molecule has 2 aromatic rings. The predicted octanol–water partition coefficient (Wildman–Crippen LogP) is 4.93. The van der Waals surface area contributed by atoms with Crippen LogP contribution in [0.1, 0.15) is 49.2 Å². The zero-order valence-electron chi connectivity index (χ0n) is 17.7. The van der Waals surface area contributed by atoms with E-state index in [9.17, 15) is 14.7 Å². The van der Waals surface area contributed by atoms with Crippen molar-refractivity contribution in [2.24, 2.45) is 16.8 Å². The van der Waals surface area contributed by atoms with E-state index in [1.807, 2.05) is 32.9 Å². The number of rotatable bonds is 7. The molecule has 1 unspecified atom stereocenters. The third-order valence-corrected chi connectivity index (χ3v) is 4.63. The van der Waals surface area contributed by atoms with Gasteiger partial charge in [-0.05, 0) is 37.1 Å². The molecule has 7 heteroatoms. The first kappa shape index (κ1) is 23.8. The van der Waals surface area contributed by atoms with Crippen molar-refractivity contribution in [1.29, 1.82) is 0 Å². The first-order valence-corrected chi connectivity index (χ1v) is 10.4. The summed E-state index contributed by atoms with van der Waals surface area (Å²) in [5.41, 5.74) is 1.78. The van der Waals surface area contributed by atoms with Crippen LogP contribution in [0.25, 0.3) is 0 Å². The van der Waals surface area contributed by atoms with E-state index in [-0.39, 0.29) is 23.3 Å². The number of carbonyl (C=O) groups is 2. The van der Waals surface area contributed by atoms with Crippen LogP contribution in [0.4, 0.5) is 0 Å². The number of aryl methyl sites for hydroxylation is 1. The number of esters is 2. The van der Waals surface area contributed by atoms with E-state index >= 15 is 0 Å². The minimum Gasteiger partial charge on any atom is -0.422 e. The Bertz CT molecular complexity index is 935. The quantitative estimate of drug-likeness (QED) is 0.348. The largest absolute Gasteiger partial charge is 0.422 e. The molecule has 0 bridgehead atoms. The Kier molecular flexibility index (Phi) is 8.32. The van der Waals surface area contributed by atoms with Gasteiger partial charge < -0.3 is 14.6 Å². The second-order valence-corrected chi connectivity index (χ2v) is 8.51. The van der Waals surface area contributed by atoms with Crippen molar-refractivity contribution in [1.82, 2.24) is 0 Å². The molecule has 0 fully saturated rings. The molecule has 2 aromatic carbocycles. The zero-order valence-corrected chi connectivity index (χ0v) is 19.3. The van der Waals surface area contributed by atoms with Gasteiger partial charge >= 0.3 is 11.9 Å². The maximum Gasteiger partial charge on any atom is 0.343 e. The summed E-state index contributed by atoms with van der Waals surface area (Å²) in [6, 6.07) is 10.2. The second kappa shape index (κ2) is 10.5. The normalized spacial score (nSPS) is 12.4. The second-order valence-electron chi connectivity index (χ2n) is 7.59. The Morgan fingerprint density at radius 2 is 1.70 bits per heavy atom. The molecule has 6 nitrogen and oxygen atoms in total. The standard InChI is InChI=1S/C23H26BrNO5/c1-13(2)21(26)25-12-17-10-18(24)11-19(20(17)30-22(27)14(3)4)29-23(28)16-8-6-15(5)7-9-16/h6-14,21,26H,1-5H3. The summed E-state index contributed by atoms with van der Waals surface area (Å²) in [6.07, 6.45) is 0.484. The number of hydrogen-bond acceptors (Lipinski definition) is 6. The molecule has 0 radical (unpaired) electrons. The zero-order chi connectivity index (χ0) is 22.4. The molecular formula is C23H26BrNO5. The lowest BCUT2D eigenvalue weighted by Crippen LogP contribution is -2.18. The molecule has 0 amide bonds. The van der Waals surface area contributed by atoms with Crippen LogP contribution in [0.5, 0.6) is 11.5 Å². The smallest absolute Gasteiger partial charge is 0.343 e. The van der Waals surface area contributed by atoms with Crippen molar-refractivity contribution < 1.29 is 24.2 Å². The first-order chi connectivity index (χ1) is 14.1. The van der Waals surface area contributed by atoms with Gasteiger partial charge in [0.2, 0.25) is 0 Å². The summed E-state index contributed by atoms with van der Waals surface area (Å²) < 4.78 is 11.7. The molecule has 1 atom stereocenters. The highest BCUT2D eigenvalue weighted by Gasteiger charge is 2.21. The molecule has 0 aliphatic carbocycles. The van der Waals surface area contributed by atoms with E-state index in [2.05, 4.69) is 20.9 Å². The summed E-state index contributed by atoms with van der Waals surface area (Å²) in [7, 11) is 0. The van der Waals surface area contributed by atoms with E-state index in [0.717, 1.165) is 5.56 Å². The lowest BCUT2D eigenvalue weighted by molar-refractivity contribution is -0.137. The molecule has 0 aromatic heterocycles. The van der Waals surface area contributed by atoms with Crippen molar-refractivity contribution in [3.8, 4) is 11.5 Å². The van der Waals surface area contributed by atoms with E-state index < -0.39 is 18.2 Å². The molecular weight excluding hydrogens is 450 g/mol. The topological polar surface area (TPSA) is 85.2 Å². The Labute approximate surface area is 185 Å². The van der Waals surface area contributed by atoms with E-state index in [0.29, 0.717) is 15.6 Å². The number of ether oxygens (including phenoxy) is 2. The fourth-order valence-corrected chi connectivity index (χ4v) is 2.72. The summed E-state index contributed by atoms with van der Waals surface area (Å²) in [5, 5.41) is 10.0. The number of aliphatic hydroxyl groups is 1. The number of aliphatic hydroxyl groups excluding tert-OH is 1. The number of halogens is 1. The maximum atomic E-state index is 12.6. The van der Waals surface area contributed by atoms with Crippen molar-refractivity contribution in [2.45, 2.75) is 40.8 Å². The highest BCUT2D eigenvalue weighted by atomic mass is 79.9. The maximum absolute atomic E-state index is 12.6.